The van der Waals surface area contributed by atoms with Gasteiger partial charge in [-0.2, -0.15) is 0 Å². The number of fused-ring (bicyclic) bond motifs is 5. The zero-order chi connectivity index (χ0) is 85.8. The molecule has 17 rings (SSSR count). The van der Waals surface area contributed by atoms with E-state index in [0.29, 0.717) is 59.4 Å². The molecule has 2 fully saturated rings. The molecular formula is C99H128N14O3S8. The predicted octanol–water partition coefficient (Wildman–Crippen LogP) is 21.9. The first kappa shape index (κ1) is 95.5. The van der Waals surface area contributed by atoms with Crippen molar-refractivity contribution in [1.82, 2.24) is 19.6 Å². The summed E-state index contributed by atoms with van der Waals surface area (Å²) in [5.74, 6) is 7.32. The van der Waals surface area contributed by atoms with Gasteiger partial charge >= 0.3 is 0 Å². The number of likely N-dealkylation sites (N-methyl/N-ethyl adjacent to an activating group) is 1. The van der Waals surface area contributed by atoms with Gasteiger partial charge < -0.3 is 75.1 Å². The average molecular weight is 1820 g/mol. The summed E-state index contributed by atoms with van der Waals surface area (Å²) in [4.78, 5) is 43.8. The van der Waals surface area contributed by atoms with E-state index in [1.165, 1.54) is 145 Å². The lowest BCUT2D eigenvalue weighted by molar-refractivity contribution is -0.121. The lowest BCUT2D eigenvalue weighted by atomic mass is 10.1. The third-order valence-electron chi connectivity index (χ3n) is 23.1. The quantitative estimate of drug-likeness (QED) is 0.0244. The summed E-state index contributed by atoms with van der Waals surface area (Å²) >= 11 is 14.6. The van der Waals surface area contributed by atoms with Crippen LogP contribution in [0.2, 0.25) is 0 Å². The Balaban J connectivity index is 0.000000141. The van der Waals surface area contributed by atoms with E-state index in [0.717, 1.165) is 161 Å². The number of likely N-dealkylation sites (tertiary alicyclic amines) is 2. The summed E-state index contributed by atoms with van der Waals surface area (Å²) in [5.41, 5.74) is 16.0. The van der Waals surface area contributed by atoms with Gasteiger partial charge in [0.1, 0.15) is 17.3 Å². The molecule has 0 aliphatic carbocycles. The van der Waals surface area contributed by atoms with E-state index >= 15 is 0 Å². The van der Waals surface area contributed by atoms with Gasteiger partial charge in [0.15, 0.2) is 0 Å². The van der Waals surface area contributed by atoms with Crippen LogP contribution in [-0.2, 0) is 36.9 Å². The van der Waals surface area contributed by atoms with Crippen molar-refractivity contribution >= 4 is 156 Å². The van der Waals surface area contributed by atoms with Crippen molar-refractivity contribution < 1.29 is 13.6 Å². The molecule has 5 aromatic carbocycles. The number of benzene rings is 5. The number of rotatable bonds is 33. The lowest BCUT2D eigenvalue weighted by Crippen LogP contribution is -2.42. The van der Waals surface area contributed by atoms with Crippen molar-refractivity contribution in [2.45, 2.75) is 135 Å². The number of thioether (sulfide) groups is 5. The molecule has 2 saturated heterocycles. The van der Waals surface area contributed by atoms with Crippen LogP contribution in [0.5, 0.6) is 0 Å². The van der Waals surface area contributed by atoms with Crippen molar-refractivity contribution in [2.75, 3.05) is 193 Å². The fourth-order valence-electron chi connectivity index (χ4n) is 16.6. The van der Waals surface area contributed by atoms with E-state index in [-0.39, 0.29) is 13.5 Å². The van der Waals surface area contributed by atoms with Gasteiger partial charge in [-0.1, -0.05) is 69.3 Å². The standard InChI is InChI=1S/C22H27N3OS2.C21H27N3S2.C19H25N3S2.C18H23N3OS.C18H22N2OS.CH4/c1-16(26)19-4-2-8-24(19)9-10-25-11-13-28-22-15-17(6-7-20(22)25)14-18(23)21-5-3-12-27-21;22-18(20-5-3-13-25-20)15-17-6-7-19-21(16-17)26-14-12-24(19)11-4-10-23-8-1-2-9-23;1-21(2)8-4-9-22-10-12-24-19-14-15(6-7-17(19)22)13-16(20)18-5-3-11-23-18;1-20(2)7-8-21-9-11-23-18-13-14(5-6-16(18)21)12-15(19)17-4-3-10-22-17;1-2-3-8-20-9-11-22-18-13-14(6-7-16(18)20)12-15(19)17-5-4-10-21-17;/h3,5-7,12,15,19,23H,2,4,8-11,13-14H2,1H3;3,5-7,13,16,22H,1-2,4,8-12,14-15H2;3,5-7,11,14,20H,4,8-10,12-13H2,1-2H3;3-6,10,13,19H,7-9,11-12H2,1-2H3;4-7,10,13,19H,2-3,8-9,11-12H2,1H3;1H4/t19-;;;;;/m0...../s1. The molecule has 10 aromatic rings. The third-order valence-corrected chi connectivity index (χ3v) is 31.1. The van der Waals surface area contributed by atoms with Crippen LogP contribution < -0.4 is 24.5 Å². The van der Waals surface area contributed by atoms with Crippen LogP contribution in [0.4, 0.5) is 28.4 Å². The van der Waals surface area contributed by atoms with Gasteiger partial charge in [0.05, 0.1) is 75.6 Å². The first-order valence-electron chi connectivity index (χ1n) is 43.8. The summed E-state index contributed by atoms with van der Waals surface area (Å²) in [6.07, 6.45) is 16.4. The Labute approximate surface area is 771 Å². The third kappa shape index (κ3) is 27.9. The van der Waals surface area contributed by atoms with Crippen molar-refractivity contribution in [3.63, 3.8) is 0 Å². The number of Topliss-reactive ketones (excluding diaryl/α,β-unsaturated/α-hetero) is 1. The minimum absolute atomic E-state index is 0. The second-order valence-corrected chi connectivity index (χ2v) is 41.4. The first-order valence-corrected chi connectivity index (χ1v) is 51.4. The number of unbranched alkanes of at least 4 members (excludes halogenated alkanes) is 1. The van der Waals surface area contributed by atoms with E-state index in [2.05, 4.69) is 170 Å². The van der Waals surface area contributed by atoms with Gasteiger partial charge in [-0.15, -0.1) is 92.8 Å². The molecule has 5 N–H and O–H groups in total. The highest BCUT2D eigenvalue weighted by molar-refractivity contribution is 8.00. The molecular weight excluding hydrogens is 1690 g/mol. The summed E-state index contributed by atoms with van der Waals surface area (Å²) < 4.78 is 10.6. The Morgan fingerprint density at radius 3 is 1.08 bits per heavy atom. The number of nitrogens with one attached hydrogen (secondary N) is 5. The SMILES string of the molecule is C.CC(=O)[C@@H]1CCCN1CCN1CCSc2cc(CC(=N)c3cccs3)ccc21.CCCCN1CCSc2cc(CC(=N)c3ccco3)ccc21.CN(C)CCCN1CCSc2cc(CC(=N)c3cccs3)ccc21.CN(C)CCN1CCSc2cc(CC(=N)c3ccco3)ccc21.N=C(Cc1ccc2c(c1)SCCN2CCCN1CCCC1)c1cccs1. The topological polar surface area (TPSA) is 192 Å². The number of hydrogen-bond acceptors (Lipinski definition) is 25. The highest BCUT2D eigenvalue weighted by Gasteiger charge is 2.30. The second kappa shape index (κ2) is 49.1. The monoisotopic (exact) mass is 1820 g/mol. The summed E-state index contributed by atoms with van der Waals surface area (Å²) in [7, 11) is 8.50. The molecule has 0 unspecified atom stereocenters. The number of anilines is 5. The molecule has 12 heterocycles. The maximum Gasteiger partial charge on any atom is 0.147 e. The van der Waals surface area contributed by atoms with Gasteiger partial charge in [-0.05, 0) is 260 Å². The largest absolute Gasteiger partial charge is 0.463 e. The Bertz CT molecular complexity index is 5010. The highest BCUT2D eigenvalue weighted by Crippen LogP contribution is 2.41. The van der Waals surface area contributed by atoms with Crippen molar-refractivity contribution in [1.29, 1.82) is 27.0 Å². The van der Waals surface area contributed by atoms with Gasteiger partial charge in [0, 0.05) is 179 Å². The second-order valence-electron chi connectivity index (χ2n) is 32.9. The molecule has 0 amide bonds. The normalized spacial score (nSPS) is 15.9. The van der Waals surface area contributed by atoms with E-state index in [4.69, 9.17) is 35.9 Å². The molecule has 1 atom stereocenters. The lowest BCUT2D eigenvalue weighted by Gasteiger charge is -2.33. The molecule has 0 bridgehead atoms. The molecule has 0 saturated carbocycles. The Morgan fingerprint density at radius 2 is 0.742 bits per heavy atom. The number of furan rings is 2. The maximum atomic E-state index is 11.8. The van der Waals surface area contributed by atoms with Crippen LogP contribution in [0, 0.1) is 27.0 Å². The van der Waals surface area contributed by atoms with Crippen LogP contribution in [-0.4, -0.2) is 228 Å². The van der Waals surface area contributed by atoms with E-state index in [1.807, 2.05) is 136 Å². The molecule has 124 heavy (non-hydrogen) atoms. The van der Waals surface area contributed by atoms with Gasteiger partial charge in [-0.25, -0.2) is 0 Å². The minimum atomic E-state index is 0. The highest BCUT2D eigenvalue weighted by atomic mass is 32.2. The Morgan fingerprint density at radius 1 is 0.387 bits per heavy atom. The minimum Gasteiger partial charge on any atom is -0.463 e. The molecule has 7 aliphatic rings. The van der Waals surface area contributed by atoms with Gasteiger partial charge in [0.2, 0.25) is 0 Å². The molecule has 0 spiro atoms. The molecule has 0 radical (unpaired) electrons. The number of thiophene rings is 3. The molecule has 25 heteroatoms. The van der Waals surface area contributed by atoms with Crippen LogP contribution in [0.25, 0.3) is 0 Å². The maximum absolute atomic E-state index is 11.8. The van der Waals surface area contributed by atoms with Crippen LogP contribution in [0.1, 0.15) is 127 Å². The Hall–Kier alpha value is -7.63. The van der Waals surface area contributed by atoms with Gasteiger partial charge in [-0.3, -0.25) is 9.69 Å². The van der Waals surface area contributed by atoms with Crippen LogP contribution in [0.3, 0.4) is 0 Å². The average Bonchev–Trinajstić information content (AvgIpc) is 1.52. The predicted molar refractivity (Wildman–Crippen MR) is 539 cm³/mol. The van der Waals surface area contributed by atoms with Crippen molar-refractivity contribution in [3.05, 3.63) is 234 Å². The van der Waals surface area contributed by atoms with Gasteiger partial charge in [0.25, 0.3) is 0 Å². The van der Waals surface area contributed by atoms with E-state index in [1.54, 1.807) is 53.5 Å². The van der Waals surface area contributed by atoms with Crippen LogP contribution >= 0.6 is 92.8 Å². The van der Waals surface area contributed by atoms with E-state index in [9.17, 15) is 4.79 Å². The first-order chi connectivity index (χ1) is 59.9. The fraction of sp³-hybridized carbons (Fsp3) is 0.434. The van der Waals surface area contributed by atoms with Crippen LogP contribution in [0.15, 0.2) is 214 Å². The van der Waals surface area contributed by atoms with Crippen molar-refractivity contribution in [2.24, 2.45) is 0 Å². The molecule has 660 valence electrons. The summed E-state index contributed by atoms with van der Waals surface area (Å²) in [6, 6.07) is 53.1. The molecule has 5 aromatic heterocycles. The smallest absolute Gasteiger partial charge is 0.147 e. The van der Waals surface area contributed by atoms with Crippen molar-refractivity contribution in [3.8, 4) is 0 Å². The molecule has 7 aliphatic heterocycles. The Kier molecular flexibility index (Phi) is 37.8. The zero-order valence-electron chi connectivity index (χ0n) is 72.7. The van der Waals surface area contributed by atoms with E-state index < -0.39 is 0 Å². The number of ketones is 1. The number of hydrogen-bond donors (Lipinski definition) is 5. The molecule has 17 nitrogen and oxygen atoms in total. The number of carbonyl (C=O) groups is 1. The summed E-state index contributed by atoms with van der Waals surface area (Å²) in [5, 5.41) is 47.4. The zero-order valence-corrected chi connectivity index (χ0v) is 79.2. The fourth-order valence-corrected chi connectivity index (χ4v) is 24.2. The number of nitrogens with zero attached hydrogens (tertiary/aromatic N) is 9. The summed E-state index contributed by atoms with van der Waals surface area (Å²) in [6.45, 7) is 23.1. The number of carbonyl (C=O) groups excluding carboxylic acids is 1.